The van der Waals surface area contributed by atoms with Crippen LogP contribution >= 0.6 is 0 Å². The quantitative estimate of drug-likeness (QED) is 0.791. The second-order valence-electron chi connectivity index (χ2n) is 5.14. The van der Waals surface area contributed by atoms with Gasteiger partial charge in [0.05, 0.1) is 12.0 Å². The summed E-state index contributed by atoms with van der Waals surface area (Å²) in [5, 5.41) is 4.57. The molecule has 0 amide bonds. The summed E-state index contributed by atoms with van der Waals surface area (Å²) in [5.41, 5.74) is 3.14. The fraction of sp³-hybridized carbons (Fsp3) is 0.312. The van der Waals surface area contributed by atoms with Crippen LogP contribution in [0.3, 0.4) is 0 Å². The van der Waals surface area contributed by atoms with E-state index in [4.69, 9.17) is 4.42 Å². The van der Waals surface area contributed by atoms with Crippen LogP contribution in [0.25, 0.3) is 11.0 Å². The van der Waals surface area contributed by atoms with Crippen molar-refractivity contribution in [3.05, 3.63) is 53.8 Å². The number of furan rings is 1. The van der Waals surface area contributed by atoms with Crippen molar-refractivity contribution in [1.29, 1.82) is 0 Å². The summed E-state index contributed by atoms with van der Waals surface area (Å²) in [6, 6.07) is 8.33. The minimum absolute atomic E-state index is 0.00564. The van der Waals surface area contributed by atoms with Gasteiger partial charge in [0.1, 0.15) is 17.4 Å². The van der Waals surface area contributed by atoms with E-state index in [1.54, 1.807) is 0 Å². The largest absolute Gasteiger partial charge is 0.459 e. The summed E-state index contributed by atoms with van der Waals surface area (Å²) in [4.78, 5) is 4.44. The zero-order chi connectivity index (χ0) is 14.1. The van der Waals surface area contributed by atoms with E-state index in [0.29, 0.717) is 0 Å². The minimum atomic E-state index is -0.00564. The maximum atomic E-state index is 5.99. The third-order valence-electron chi connectivity index (χ3n) is 3.40. The van der Waals surface area contributed by atoms with E-state index >= 15 is 0 Å². The lowest BCUT2D eigenvalue weighted by Gasteiger charge is -2.12. The standard InChI is InChI=1S/C16H19N3O/c1-4-17-16(13-9-19(3)10-18-13)15-8-12-7-11(2)5-6-14(12)20-15/h5-10,16-17H,4H2,1-3H3. The summed E-state index contributed by atoms with van der Waals surface area (Å²) in [6.45, 7) is 5.03. The van der Waals surface area contributed by atoms with Crippen LogP contribution in [0.4, 0.5) is 0 Å². The van der Waals surface area contributed by atoms with Gasteiger partial charge in [-0.25, -0.2) is 4.98 Å². The fourth-order valence-electron chi connectivity index (χ4n) is 2.46. The Bertz CT molecular complexity index is 726. The van der Waals surface area contributed by atoms with Gasteiger partial charge in [0.2, 0.25) is 0 Å². The second kappa shape index (κ2) is 5.13. The molecule has 2 heterocycles. The number of aryl methyl sites for hydroxylation is 2. The van der Waals surface area contributed by atoms with Gasteiger partial charge in [0.15, 0.2) is 0 Å². The molecule has 0 aliphatic rings. The summed E-state index contributed by atoms with van der Waals surface area (Å²) in [7, 11) is 1.97. The third kappa shape index (κ3) is 2.34. The first kappa shape index (κ1) is 12.9. The number of imidazole rings is 1. The highest BCUT2D eigenvalue weighted by Gasteiger charge is 2.19. The Hall–Kier alpha value is -2.07. The number of hydrogen-bond donors (Lipinski definition) is 1. The van der Waals surface area contributed by atoms with E-state index in [2.05, 4.69) is 42.3 Å². The van der Waals surface area contributed by atoms with Crippen molar-refractivity contribution in [2.45, 2.75) is 19.9 Å². The SMILES string of the molecule is CCNC(c1cn(C)cn1)c1cc2cc(C)ccc2o1. The fourth-order valence-corrected chi connectivity index (χ4v) is 2.46. The molecule has 1 atom stereocenters. The molecule has 0 spiro atoms. The predicted molar refractivity (Wildman–Crippen MR) is 79.7 cm³/mol. The molecular formula is C16H19N3O. The smallest absolute Gasteiger partial charge is 0.134 e. The monoisotopic (exact) mass is 269 g/mol. The first-order chi connectivity index (χ1) is 9.67. The van der Waals surface area contributed by atoms with Crippen LogP contribution in [0.1, 0.15) is 30.0 Å². The molecule has 0 aliphatic carbocycles. The van der Waals surface area contributed by atoms with Gasteiger partial charge in [-0.1, -0.05) is 18.6 Å². The summed E-state index contributed by atoms with van der Waals surface area (Å²) in [5.74, 6) is 0.908. The van der Waals surface area contributed by atoms with Gasteiger partial charge >= 0.3 is 0 Å². The topological polar surface area (TPSA) is 43.0 Å². The Morgan fingerprint density at radius 3 is 2.90 bits per heavy atom. The maximum Gasteiger partial charge on any atom is 0.134 e. The van der Waals surface area contributed by atoms with Gasteiger partial charge in [0, 0.05) is 18.6 Å². The molecule has 1 aromatic carbocycles. The highest BCUT2D eigenvalue weighted by Crippen LogP contribution is 2.28. The van der Waals surface area contributed by atoms with E-state index in [1.807, 2.05) is 30.2 Å². The van der Waals surface area contributed by atoms with Gasteiger partial charge in [-0.3, -0.25) is 0 Å². The molecule has 1 unspecified atom stereocenters. The molecule has 1 N–H and O–H groups in total. The molecule has 0 fully saturated rings. The molecule has 0 aliphatic heterocycles. The van der Waals surface area contributed by atoms with Crippen LogP contribution in [-0.2, 0) is 7.05 Å². The van der Waals surface area contributed by atoms with Crippen LogP contribution in [0, 0.1) is 6.92 Å². The van der Waals surface area contributed by atoms with Crippen LogP contribution in [0.15, 0.2) is 41.2 Å². The molecule has 3 aromatic rings. The Morgan fingerprint density at radius 1 is 1.35 bits per heavy atom. The summed E-state index contributed by atoms with van der Waals surface area (Å²) >= 11 is 0. The molecule has 0 bridgehead atoms. The minimum Gasteiger partial charge on any atom is -0.459 e. The van der Waals surface area contributed by atoms with Gasteiger partial charge in [-0.05, 0) is 31.7 Å². The van der Waals surface area contributed by atoms with Gasteiger partial charge in [-0.15, -0.1) is 0 Å². The molecule has 3 rings (SSSR count). The van der Waals surface area contributed by atoms with Crippen molar-refractivity contribution in [2.75, 3.05) is 6.54 Å². The van der Waals surface area contributed by atoms with Gasteiger partial charge in [0.25, 0.3) is 0 Å². The molecular weight excluding hydrogens is 250 g/mol. The Labute approximate surface area is 118 Å². The third-order valence-corrected chi connectivity index (χ3v) is 3.40. The predicted octanol–water partition coefficient (Wildman–Crippen LogP) is 3.17. The lowest BCUT2D eigenvalue weighted by molar-refractivity contribution is 0.472. The van der Waals surface area contributed by atoms with Crippen molar-refractivity contribution in [3.8, 4) is 0 Å². The van der Waals surface area contributed by atoms with Crippen molar-refractivity contribution in [1.82, 2.24) is 14.9 Å². The molecule has 0 saturated heterocycles. The summed E-state index contributed by atoms with van der Waals surface area (Å²) < 4.78 is 7.94. The van der Waals surface area contributed by atoms with Crippen LogP contribution in [-0.4, -0.2) is 16.1 Å². The van der Waals surface area contributed by atoms with Crippen LogP contribution in [0.2, 0.25) is 0 Å². The van der Waals surface area contributed by atoms with Crippen molar-refractivity contribution >= 4 is 11.0 Å². The average Bonchev–Trinajstić information content (AvgIpc) is 3.01. The molecule has 104 valence electrons. The van der Waals surface area contributed by atoms with Gasteiger partial charge < -0.3 is 14.3 Å². The Morgan fingerprint density at radius 2 is 2.20 bits per heavy atom. The van der Waals surface area contributed by atoms with E-state index < -0.39 is 0 Å². The first-order valence-electron chi connectivity index (χ1n) is 6.88. The van der Waals surface area contributed by atoms with E-state index in [-0.39, 0.29) is 6.04 Å². The van der Waals surface area contributed by atoms with E-state index in [0.717, 1.165) is 29.0 Å². The molecule has 0 radical (unpaired) electrons. The number of fused-ring (bicyclic) bond motifs is 1. The van der Waals surface area contributed by atoms with Crippen molar-refractivity contribution < 1.29 is 4.42 Å². The van der Waals surface area contributed by atoms with Crippen LogP contribution < -0.4 is 5.32 Å². The van der Waals surface area contributed by atoms with Gasteiger partial charge in [-0.2, -0.15) is 0 Å². The number of nitrogens with one attached hydrogen (secondary N) is 1. The molecule has 4 nitrogen and oxygen atoms in total. The zero-order valence-electron chi connectivity index (χ0n) is 12.1. The highest BCUT2D eigenvalue weighted by atomic mass is 16.3. The number of aromatic nitrogens is 2. The van der Waals surface area contributed by atoms with E-state index in [9.17, 15) is 0 Å². The number of nitrogens with zero attached hydrogens (tertiary/aromatic N) is 2. The highest BCUT2D eigenvalue weighted by molar-refractivity contribution is 5.78. The average molecular weight is 269 g/mol. The maximum absolute atomic E-state index is 5.99. The molecule has 2 aromatic heterocycles. The van der Waals surface area contributed by atoms with E-state index in [1.165, 1.54) is 5.56 Å². The number of hydrogen-bond acceptors (Lipinski definition) is 3. The lowest BCUT2D eigenvalue weighted by Crippen LogP contribution is -2.21. The Balaban J connectivity index is 2.04. The Kier molecular flexibility index (Phi) is 3.32. The normalized spacial score (nSPS) is 12.9. The summed E-state index contributed by atoms with van der Waals surface area (Å²) in [6.07, 6.45) is 3.83. The molecule has 0 saturated carbocycles. The lowest BCUT2D eigenvalue weighted by atomic mass is 10.1. The number of rotatable bonds is 4. The second-order valence-corrected chi connectivity index (χ2v) is 5.14. The zero-order valence-corrected chi connectivity index (χ0v) is 12.1. The first-order valence-corrected chi connectivity index (χ1v) is 6.88. The van der Waals surface area contributed by atoms with Crippen LogP contribution in [0.5, 0.6) is 0 Å². The van der Waals surface area contributed by atoms with Crippen molar-refractivity contribution in [2.24, 2.45) is 7.05 Å². The number of benzene rings is 1. The molecule has 20 heavy (non-hydrogen) atoms. The molecule has 4 heteroatoms. The van der Waals surface area contributed by atoms with Crippen molar-refractivity contribution in [3.63, 3.8) is 0 Å².